The van der Waals surface area contributed by atoms with Crippen LogP contribution in [0.2, 0.25) is 0 Å². The molecule has 154 valence electrons. The maximum Gasteiger partial charge on any atom is 0.158 e. The fourth-order valence-electron chi connectivity index (χ4n) is 3.65. The second-order valence-corrected chi connectivity index (χ2v) is 7.65. The van der Waals surface area contributed by atoms with Gasteiger partial charge in [-0.05, 0) is 62.6 Å². The molecule has 30 heavy (non-hydrogen) atoms. The molecule has 0 aromatic carbocycles. The van der Waals surface area contributed by atoms with Crippen LogP contribution >= 0.6 is 0 Å². The number of rotatable bonds is 4. The Hall–Kier alpha value is -3.41. The number of pyridine rings is 3. The van der Waals surface area contributed by atoms with Gasteiger partial charge in [0.1, 0.15) is 11.6 Å². The molecule has 1 N–H and O–H groups in total. The first-order valence-electron chi connectivity index (χ1n) is 10.4. The minimum Gasteiger partial charge on any atom is -0.372 e. The van der Waals surface area contributed by atoms with Crippen LogP contribution < -0.4 is 15.1 Å². The van der Waals surface area contributed by atoms with Crippen LogP contribution in [-0.4, -0.2) is 35.1 Å². The van der Waals surface area contributed by atoms with Crippen molar-refractivity contribution in [2.75, 3.05) is 35.3 Å². The van der Waals surface area contributed by atoms with E-state index < -0.39 is 0 Å². The molecule has 1 aliphatic rings. The summed E-state index contributed by atoms with van der Waals surface area (Å²) in [5.41, 5.74) is 4.01. The predicted molar refractivity (Wildman–Crippen MR) is 124 cm³/mol. The Labute approximate surface area is 178 Å². The number of nitrogens with zero attached hydrogens (tertiary/aromatic N) is 5. The van der Waals surface area contributed by atoms with Crippen LogP contribution in [0, 0.1) is 6.92 Å². The molecule has 0 amide bonds. The first-order chi connectivity index (χ1) is 14.6. The number of fused-ring (bicyclic) bond motifs is 1. The molecule has 0 aliphatic carbocycles. The molecular weight excluding hydrogens is 372 g/mol. The lowest BCUT2D eigenvalue weighted by Gasteiger charge is -2.30. The predicted octanol–water partition coefficient (Wildman–Crippen LogP) is 4.86. The zero-order chi connectivity index (χ0) is 20.9. The summed E-state index contributed by atoms with van der Waals surface area (Å²) >= 11 is 0. The molecule has 1 aliphatic heterocycles. The van der Waals surface area contributed by atoms with Crippen LogP contribution in [0.25, 0.3) is 11.3 Å². The maximum atomic E-state index is 5.07. The maximum absolute atomic E-state index is 5.07. The van der Waals surface area contributed by atoms with Gasteiger partial charge in [-0.15, -0.1) is 0 Å². The molecule has 0 radical (unpaired) electrons. The van der Waals surface area contributed by atoms with Gasteiger partial charge < -0.3 is 15.1 Å². The molecule has 0 bridgehead atoms. The Kier molecular flexibility index (Phi) is 5.93. The van der Waals surface area contributed by atoms with Crippen molar-refractivity contribution in [1.29, 1.82) is 0 Å². The van der Waals surface area contributed by atoms with Crippen molar-refractivity contribution in [2.45, 2.75) is 26.2 Å². The van der Waals surface area contributed by atoms with Gasteiger partial charge in [-0.1, -0.05) is 12.6 Å². The Bertz CT molecular complexity index is 1000. The monoisotopic (exact) mass is 400 g/mol. The lowest BCUT2D eigenvalue weighted by molar-refractivity contribution is 0.677. The topological polar surface area (TPSA) is 57.2 Å². The van der Waals surface area contributed by atoms with Gasteiger partial charge in [0.05, 0.1) is 11.4 Å². The van der Waals surface area contributed by atoms with Gasteiger partial charge in [-0.3, -0.25) is 4.98 Å². The molecule has 3 aromatic rings. The average molecular weight is 401 g/mol. The van der Waals surface area contributed by atoms with E-state index in [1.165, 1.54) is 6.42 Å². The van der Waals surface area contributed by atoms with Crippen molar-refractivity contribution in [1.82, 2.24) is 15.0 Å². The van der Waals surface area contributed by atoms with Crippen LogP contribution in [0.1, 0.15) is 25.0 Å². The summed E-state index contributed by atoms with van der Waals surface area (Å²) in [7, 11) is 2.13. The minimum absolute atomic E-state index is 0.774. The molecule has 6 heteroatoms. The van der Waals surface area contributed by atoms with E-state index in [1.807, 2.05) is 37.4 Å². The SMILES string of the molecule is C=C(Nc1ccccn1)N1CCCCCN(C)c2ccc(-c3ccc(C)nc3)nc21. The Morgan fingerprint density at radius 1 is 1.00 bits per heavy atom. The molecule has 0 spiro atoms. The molecule has 4 heterocycles. The lowest BCUT2D eigenvalue weighted by atomic mass is 10.1. The van der Waals surface area contributed by atoms with Crippen LogP contribution in [-0.2, 0) is 0 Å². The third-order valence-electron chi connectivity index (χ3n) is 5.37. The summed E-state index contributed by atoms with van der Waals surface area (Å²) in [5.74, 6) is 2.46. The van der Waals surface area contributed by atoms with Gasteiger partial charge in [-0.25, -0.2) is 9.97 Å². The third kappa shape index (κ3) is 4.43. The molecule has 3 aromatic heterocycles. The first-order valence-corrected chi connectivity index (χ1v) is 10.4. The number of aromatic nitrogens is 3. The van der Waals surface area contributed by atoms with E-state index in [9.17, 15) is 0 Å². The number of aryl methyl sites for hydroxylation is 1. The van der Waals surface area contributed by atoms with E-state index in [1.54, 1.807) is 6.20 Å². The van der Waals surface area contributed by atoms with Crippen molar-refractivity contribution >= 4 is 17.3 Å². The highest BCUT2D eigenvalue weighted by atomic mass is 15.3. The van der Waals surface area contributed by atoms with Gasteiger partial charge in [0.15, 0.2) is 5.82 Å². The second-order valence-electron chi connectivity index (χ2n) is 7.65. The van der Waals surface area contributed by atoms with E-state index in [0.717, 1.165) is 66.0 Å². The summed E-state index contributed by atoms with van der Waals surface area (Å²) in [5, 5.41) is 3.35. The van der Waals surface area contributed by atoms with Crippen molar-refractivity contribution in [3.63, 3.8) is 0 Å². The second kappa shape index (κ2) is 8.95. The quantitative estimate of drug-likeness (QED) is 0.675. The number of anilines is 3. The molecule has 0 saturated heterocycles. The highest BCUT2D eigenvalue weighted by Crippen LogP contribution is 2.33. The van der Waals surface area contributed by atoms with Crippen LogP contribution in [0.5, 0.6) is 0 Å². The summed E-state index contributed by atoms with van der Waals surface area (Å²) in [6, 6.07) is 14.1. The molecule has 4 rings (SSSR count). The summed E-state index contributed by atoms with van der Waals surface area (Å²) < 4.78 is 0. The van der Waals surface area contributed by atoms with Crippen molar-refractivity contribution in [3.05, 3.63) is 73.0 Å². The normalized spacial score (nSPS) is 14.3. The largest absolute Gasteiger partial charge is 0.372 e. The highest BCUT2D eigenvalue weighted by molar-refractivity contribution is 5.74. The van der Waals surface area contributed by atoms with Gasteiger partial charge in [-0.2, -0.15) is 0 Å². The molecule has 0 atom stereocenters. The Morgan fingerprint density at radius 3 is 2.63 bits per heavy atom. The van der Waals surface area contributed by atoms with Gasteiger partial charge >= 0.3 is 0 Å². The van der Waals surface area contributed by atoms with E-state index in [-0.39, 0.29) is 0 Å². The fraction of sp³-hybridized carbons (Fsp3) is 0.292. The zero-order valence-electron chi connectivity index (χ0n) is 17.7. The molecular formula is C24H28N6. The minimum atomic E-state index is 0.774. The van der Waals surface area contributed by atoms with Crippen LogP contribution in [0.3, 0.4) is 0 Å². The van der Waals surface area contributed by atoms with E-state index >= 15 is 0 Å². The smallest absolute Gasteiger partial charge is 0.158 e. The summed E-state index contributed by atoms with van der Waals surface area (Å²) in [6.45, 7) is 8.17. The standard InChI is InChI=1S/C24H28N6/c1-18-10-11-20(17-26-18)21-12-13-22-24(28-21)30(16-8-4-7-15-29(22)3)19(2)27-23-9-5-6-14-25-23/h5-6,9-14,17H,2,4,7-8,15-16H2,1,3H3,(H,25,27). The highest BCUT2D eigenvalue weighted by Gasteiger charge is 2.21. The number of nitrogens with one attached hydrogen (secondary N) is 1. The number of hydrogen-bond donors (Lipinski definition) is 1. The molecule has 0 unspecified atom stereocenters. The van der Waals surface area contributed by atoms with E-state index in [4.69, 9.17) is 4.98 Å². The van der Waals surface area contributed by atoms with Crippen molar-refractivity contribution in [2.24, 2.45) is 0 Å². The van der Waals surface area contributed by atoms with Crippen molar-refractivity contribution < 1.29 is 0 Å². The Balaban J connectivity index is 1.74. The first kappa shape index (κ1) is 19.9. The summed E-state index contributed by atoms with van der Waals surface area (Å²) in [4.78, 5) is 18.4. The van der Waals surface area contributed by atoms with Crippen LogP contribution in [0.15, 0.2) is 67.3 Å². The summed E-state index contributed by atoms with van der Waals surface area (Å²) in [6.07, 6.45) is 7.06. The molecule has 0 fully saturated rings. The van der Waals surface area contributed by atoms with Crippen LogP contribution in [0.4, 0.5) is 17.3 Å². The van der Waals surface area contributed by atoms with Gasteiger partial charge in [0.2, 0.25) is 0 Å². The lowest BCUT2D eigenvalue weighted by Crippen LogP contribution is -2.30. The number of hydrogen-bond acceptors (Lipinski definition) is 6. The Morgan fingerprint density at radius 2 is 1.87 bits per heavy atom. The fourth-order valence-corrected chi connectivity index (χ4v) is 3.65. The van der Waals surface area contributed by atoms with E-state index in [0.29, 0.717) is 0 Å². The average Bonchev–Trinajstić information content (AvgIpc) is 2.84. The van der Waals surface area contributed by atoms with E-state index in [2.05, 4.69) is 56.9 Å². The zero-order valence-corrected chi connectivity index (χ0v) is 17.7. The van der Waals surface area contributed by atoms with Gasteiger partial charge in [0.25, 0.3) is 0 Å². The molecule has 0 saturated carbocycles. The van der Waals surface area contributed by atoms with Crippen molar-refractivity contribution in [3.8, 4) is 11.3 Å². The van der Waals surface area contributed by atoms with Gasteiger partial charge in [0, 0.05) is 43.8 Å². The molecule has 6 nitrogen and oxygen atoms in total. The third-order valence-corrected chi connectivity index (χ3v) is 5.37.